The van der Waals surface area contributed by atoms with Crippen molar-refractivity contribution in [1.29, 1.82) is 0 Å². The summed E-state index contributed by atoms with van der Waals surface area (Å²) in [5.41, 5.74) is 2.53. The maximum absolute atomic E-state index is 12.8. The molecule has 0 fully saturated rings. The van der Waals surface area contributed by atoms with Crippen LogP contribution in [0.15, 0.2) is 78.9 Å². The lowest BCUT2D eigenvalue weighted by atomic mass is 10.2. The van der Waals surface area contributed by atoms with E-state index in [-0.39, 0.29) is 25.7 Å². The predicted molar refractivity (Wildman–Crippen MR) is 122 cm³/mol. The second-order valence-corrected chi connectivity index (χ2v) is 7.05. The van der Waals surface area contributed by atoms with Crippen molar-refractivity contribution in [1.82, 2.24) is 9.55 Å². The van der Waals surface area contributed by atoms with Gasteiger partial charge in [0.1, 0.15) is 24.7 Å². The van der Waals surface area contributed by atoms with Crippen LogP contribution in [0.2, 0.25) is 0 Å². The first-order valence-corrected chi connectivity index (χ1v) is 10.3. The number of rotatable bonds is 8. The van der Waals surface area contributed by atoms with Crippen molar-refractivity contribution in [2.75, 3.05) is 11.9 Å². The Morgan fingerprint density at radius 1 is 0.969 bits per heavy atom. The first-order valence-electron chi connectivity index (χ1n) is 10.3. The van der Waals surface area contributed by atoms with Crippen molar-refractivity contribution in [3.05, 3.63) is 90.3 Å². The number of ether oxygens (including phenoxy) is 2. The van der Waals surface area contributed by atoms with Gasteiger partial charge in [0.25, 0.3) is 0 Å². The van der Waals surface area contributed by atoms with E-state index in [0.717, 1.165) is 16.8 Å². The van der Waals surface area contributed by atoms with Crippen LogP contribution in [0, 0.1) is 0 Å². The number of amides is 1. The minimum absolute atomic E-state index is 0.0532. The van der Waals surface area contributed by atoms with Gasteiger partial charge >= 0.3 is 5.97 Å². The van der Waals surface area contributed by atoms with E-state index in [1.54, 1.807) is 31.2 Å². The Morgan fingerprint density at radius 3 is 2.56 bits per heavy atom. The summed E-state index contributed by atoms with van der Waals surface area (Å²) in [4.78, 5) is 29.4. The van der Waals surface area contributed by atoms with Crippen LogP contribution in [0.25, 0.3) is 11.0 Å². The molecule has 0 aliphatic carbocycles. The number of esters is 1. The van der Waals surface area contributed by atoms with Gasteiger partial charge in [-0.3, -0.25) is 4.79 Å². The molecule has 1 N–H and O–H groups in total. The fraction of sp³-hybridized carbons (Fsp3) is 0.160. The topological polar surface area (TPSA) is 82.5 Å². The Balaban J connectivity index is 1.52. The van der Waals surface area contributed by atoms with Crippen molar-refractivity contribution >= 4 is 28.6 Å². The molecule has 0 radical (unpaired) electrons. The summed E-state index contributed by atoms with van der Waals surface area (Å²) in [7, 11) is 0. The van der Waals surface area contributed by atoms with Crippen LogP contribution in [0.5, 0.6) is 5.75 Å². The van der Waals surface area contributed by atoms with Crippen LogP contribution < -0.4 is 10.1 Å². The molecule has 1 aromatic heterocycles. The lowest BCUT2D eigenvalue weighted by Gasteiger charge is -2.11. The minimum atomic E-state index is -0.426. The van der Waals surface area contributed by atoms with E-state index in [4.69, 9.17) is 9.47 Å². The normalized spacial score (nSPS) is 10.7. The van der Waals surface area contributed by atoms with E-state index in [1.165, 1.54) is 0 Å². The number of para-hydroxylation sites is 3. The van der Waals surface area contributed by atoms with Gasteiger partial charge in [-0.15, -0.1) is 0 Å². The summed E-state index contributed by atoms with van der Waals surface area (Å²) in [6.07, 6.45) is 0. The highest BCUT2D eigenvalue weighted by Gasteiger charge is 2.15. The van der Waals surface area contributed by atoms with E-state index in [0.29, 0.717) is 17.1 Å². The van der Waals surface area contributed by atoms with Crippen LogP contribution in [-0.2, 0) is 22.7 Å². The van der Waals surface area contributed by atoms with Gasteiger partial charge in [0, 0.05) is 5.69 Å². The smallest absolute Gasteiger partial charge is 0.338 e. The third-order valence-corrected chi connectivity index (χ3v) is 4.80. The van der Waals surface area contributed by atoms with E-state index >= 15 is 0 Å². The molecule has 7 nitrogen and oxygen atoms in total. The number of hydrogen-bond donors (Lipinski definition) is 1. The highest BCUT2D eigenvalue weighted by Crippen LogP contribution is 2.19. The number of nitrogens with one attached hydrogen (secondary N) is 1. The average molecular weight is 429 g/mol. The van der Waals surface area contributed by atoms with Gasteiger partial charge in [0.2, 0.25) is 5.91 Å². The molecule has 0 atom stereocenters. The van der Waals surface area contributed by atoms with Gasteiger partial charge in [-0.05, 0) is 49.4 Å². The number of imidazole rings is 1. The van der Waals surface area contributed by atoms with Crippen molar-refractivity contribution in [2.45, 2.75) is 20.1 Å². The number of nitrogens with zero attached hydrogens (tertiary/aromatic N) is 2. The Labute approximate surface area is 185 Å². The quantitative estimate of drug-likeness (QED) is 0.419. The lowest BCUT2D eigenvalue weighted by molar-refractivity contribution is -0.116. The molecule has 162 valence electrons. The molecule has 4 aromatic rings. The van der Waals surface area contributed by atoms with Crippen molar-refractivity contribution in [3.8, 4) is 5.75 Å². The SMILES string of the molecule is CCOC(=O)c1cccc(NC(=O)Cn2c(COc3ccccc3)nc3ccccc32)c1. The van der Waals surface area contributed by atoms with Gasteiger partial charge in [0.15, 0.2) is 0 Å². The summed E-state index contributed by atoms with van der Waals surface area (Å²) in [6, 6.07) is 23.8. The summed E-state index contributed by atoms with van der Waals surface area (Å²) < 4.78 is 12.7. The zero-order valence-corrected chi connectivity index (χ0v) is 17.7. The molecule has 0 aliphatic rings. The molecule has 0 saturated heterocycles. The number of benzene rings is 3. The molecule has 3 aromatic carbocycles. The molecule has 4 rings (SSSR count). The van der Waals surface area contributed by atoms with E-state index in [1.807, 2.05) is 59.2 Å². The molecule has 0 unspecified atom stereocenters. The Hall–Kier alpha value is -4.13. The molecule has 0 aliphatic heterocycles. The standard InChI is InChI=1S/C25H23N3O4/c1-2-31-25(30)18-9-8-10-19(15-18)26-24(29)16-28-22-14-7-6-13-21(22)27-23(28)17-32-20-11-4-3-5-12-20/h3-15H,2,16-17H2,1H3,(H,26,29). The molecule has 0 saturated carbocycles. The number of carbonyl (C=O) groups is 2. The number of carbonyl (C=O) groups excluding carboxylic acids is 2. The fourth-order valence-corrected chi connectivity index (χ4v) is 3.36. The monoisotopic (exact) mass is 429 g/mol. The maximum Gasteiger partial charge on any atom is 0.338 e. The Kier molecular flexibility index (Phi) is 6.46. The van der Waals surface area contributed by atoms with Gasteiger partial charge < -0.3 is 19.4 Å². The van der Waals surface area contributed by atoms with Crippen molar-refractivity contribution < 1.29 is 19.1 Å². The molecule has 1 heterocycles. The van der Waals surface area contributed by atoms with Gasteiger partial charge in [-0.1, -0.05) is 36.4 Å². The number of fused-ring (bicyclic) bond motifs is 1. The van der Waals surface area contributed by atoms with Crippen molar-refractivity contribution in [3.63, 3.8) is 0 Å². The first kappa shape index (κ1) is 21.1. The Bertz CT molecular complexity index is 1230. The van der Waals surface area contributed by atoms with Crippen LogP contribution in [-0.4, -0.2) is 28.0 Å². The highest BCUT2D eigenvalue weighted by atomic mass is 16.5. The first-order chi connectivity index (χ1) is 15.6. The van der Waals surface area contributed by atoms with Gasteiger partial charge in [-0.2, -0.15) is 0 Å². The second kappa shape index (κ2) is 9.78. The molecule has 32 heavy (non-hydrogen) atoms. The Morgan fingerprint density at radius 2 is 1.75 bits per heavy atom. The summed E-state index contributed by atoms with van der Waals surface area (Å²) in [6.45, 7) is 2.32. The highest BCUT2D eigenvalue weighted by molar-refractivity contribution is 5.95. The van der Waals surface area contributed by atoms with Crippen LogP contribution >= 0.6 is 0 Å². The third-order valence-electron chi connectivity index (χ3n) is 4.80. The summed E-state index contributed by atoms with van der Waals surface area (Å²) >= 11 is 0. The van der Waals surface area contributed by atoms with Gasteiger partial charge in [0.05, 0.1) is 23.2 Å². The van der Waals surface area contributed by atoms with Crippen LogP contribution in [0.1, 0.15) is 23.1 Å². The molecule has 0 spiro atoms. The molecule has 0 bridgehead atoms. The fourth-order valence-electron chi connectivity index (χ4n) is 3.36. The van der Waals surface area contributed by atoms with Gasteiger partial charge in [-0.25, -0.2) is 9.78 Å². The molecular formula is C25H23N3O4. The number of anilines is 1. The predicted octanol–water partition coefficient (Wildman–Crippen LogP) is 4.43. The minimum Gasteiger partial charge on any atom is -0.486 e. The second-order valence-electron chi connectivity index (χ2n) is 7.05. The van der Waals surface area contributed by atoms with E-state index < -0.39 is 5.97 Å². The van der Waals surface area contributed by atoms with Crippen LogP contribution in [0.4, 0.5) is 5.69 Å². The zero-order chi connectivity index (χ0) is 22.3. The summed E-state index contributed by atoms with van der Waals surface area (Å²) in [5, 5.41) is 2.85. The third kappa shape index (κ3) is 4.95. The maximum atomic E-state index is 12.8. The lowest BCUT2D eigenvalue weighted by Crippen LogP contribution is -2.21. The molecular weight excluding hydrogens is 406 g/mol. The average Bonchev–Trinajstić information content (AvgIpc) is 3.16. The number of aromatic nitrogens is 2. The molecule has 1 amide bonds. The van der Waals surface area contributed by atoms with E-state index in [2.05, 4.69) is 10.3 Å². The zero-order valence-electron chi connectivity index (χ0n) is 17.7. The summed E-state index contributed by atoms with van der Waals surface area (Å²) in [5.74, 6) is 0.705. The molecule has 7 heteroatoms. The largest absolute Gasteiger partial charge is 0.486 e. The number of hydrogen-bond acceptors (Lipinski definition) is 5. The van der Waals surface area contributed by atoms with Crippen LogP contribution in [0.3, 0.4) is 0 Å². The van der Waals surface area contributed by atoms with E-state index in [9.17, 15) is 9.59 Å². The van der Waals surface area contributed by atoms with Crippen molar-refractivity contribution in [2.24, 2.45) is 0 Å².